The first-order valence-corrected chi connectivity index (χ1v) is 7.70. The van der Waals surface area contributed by atoms with E-state index in [-0.39, 0.29) is 0 Å². The molecule has 0 spiro atoms. The zero-order valence-electron chi connectivity index (χ0n) is 11.0. The Labute approximate surface area is 121 Å². The van der Waals surface area contributed by atoms with E-state index in [0.717, 1.165) is 6.42 Å². The van der Waals surface area contributed by atoms with Gasteiger partial charge in [0, 0.05) is 17.3 Å². The molecule has 0 saturated heterocycles. The summed E-state index contributed by atoms with van der Waals surface area (Å²) in [6.07, 6.45) is 1.04. The largest absolute Gasteiger partial charge is 0.313 e. The summed E-state index contributed by atoms with van der Waals surface area (Å²) in [5, 5.41) is 3.44. The number of nitrogens with one attached hydrogen (secondary N) is 1. The highest BCUT2D eigenvalue weighted by atomic mass is 79.9. The van der Waals surface area contributed by atoms with E-state index in [2.05, 4.69) is 65.4 Å². The van der Waals surface area contributed by atoms with Gasteiger partial charge in [-0.25, -0.2) is 0 Å². The lowest BCUT2D eigenvalue weighted by Crippen LogP contribution is -2.19. The SMILES string of the molecule is CNC(Cc1ccc(Br)s1)c1cccc(C)c1C. The minimum Gasteiger partial charge on any atom is -0.313 e. The quantitative estimate of drug-likeness (QED) is 0.864. The topological polar surface area (TPSA) is 12.0 Å². The van der Waals surface area contributed by atoms with Gasteiger partial charge in [-0.3, -0.25) is 0 Å². The van der Waals surface area contributed by atoms with Crippen molar-refractivity contribution < 1.29 is 0 Å². The number of hydrogen-bond donors (Lipinski definition) is 1. The van der Waals surface area contributed by atoms with Gasteiger partial charge in [0.1, 0.15) is 0 Å². The number of likely N-dealkylation sites (N-methyl/N-ethyl adjacent to an activating group) is 1. The molecule has 1 aromatic carbocycles. The summed E-state index contributed by atoms with van der Waals surface area (Å²) in [4.78, 5) is 1.40. The second-order valence-electron chi connectivity index (χ2n) is 4.54. The van der Waals surface area contributed by atoms with Crippen LogP contribution in [-0.2, 0) is 6.42 Å². The number of rotatable bonds is 4. The molecular weight excluding hydrogens is 306 g/mol. The van der Waals surface area contributed by atoms with Crippen molar-refractivity contribution >= 4 is 27.3 Å². The van der Waals surface area contributed by atoms with Crippen molar-refractivity contribution in [1.82, 2.24) is 5.32 Å². The van der Waals surface area contributed by atoms with Crippen LogP contribution in [0.3, 0.4) is 0 Å². The molecule has 1 nitrogen and oxygen atoms in total. The number of halogens is 1. The maximum Gasteiger partial charge on any atom is 0.0701 e. The molecule has 3 heteroatoms. The zero-order chi connectivity index (χ0) is 13.1. The summed E-state index contributed by atoms with van der Waals surface area (Å²) in [5.41, 5.74) is 4.16. The first-order valence-electron chi connectivity index (χ1n) is 6.09. The van der Waals surface area contributed by atoms with Gasteiger partial charge in [0.25, 0.3) is 0 Å². The van der Waals surface area contributed by atoms with Crippen LogP contribution in [0, 0.1) is 13.8 Å². The highest BCUT2D eigenvalue weighted by Crippen LogP contribution is 2.28. The van der Waals surface area contributed by atoms with Gasteiger partial charge in [0.2, 0.25) is 0 Å². The van der Waals surface area contributed by atoms with Crippen LogP contribution >= 0.6 is 27.3 Å². The second kappa shape index (κ2) is 6.00. The number of benzene rings is 1. The molecule has 18 heavy (non-hydrogen) atoms. The summed E-state index contributed by atoms with van der Waals surface area (Å²) < 4.78 is 1.20. The smallest absolute Gasteiger partial charge is 0.0701 e. The molecule has 1 aromatic heterocycles. The van der Waals surface area contributed by atoms with Crippen molar-refractivity contribution in [3.05, 3.63) is 55.7 Å². The third kappa shape index (κ3) is 3.02. The molecule has 0 aliphatic heterocycles. The van der Waals surface area contributed by atoms with Gasteiger partial charge in [-0.05, 0) is 65.6 Å². The minimum atomic E-state index is 0.385. The van der Waals surface area contributed by atoms with E-state index in [1.165, 1.54) is 25.4 Å². The highest BCUT2D eigenvalue weighted by molar-refractivity contribution is 9.11. The van der Waals surface area contributed by atoms with E-state index >= 15 is 0 Å². The maximum absolute atomic E-state index is 3.52. The molecule has 1 heterocycles. The molecule has 2 aromatic rings. The van der Waals surface area contributed by atoms with Gasteiger partial charge in [0.05, 0.1) is 3.79 Å². The van der Waals surface area contributed by atoms with Gasteiger partial charge in [-0.15, -0.1) is 11.3 Å². The summed E-state index contributed by atoms with van der Waals surface area (Å²) in [5.74, 6) is 0. The Morgan fingerprint density at radius 2 is 2.00 bits per heavy atom. The monoisotopic (exact) mass is 323 g/mol. The van der Waals surface area contributed by atoms with Crippen LogP contribution in [0.25, 0.3) is 0 Å². The van der Waals surface area contributed by atoms with Crippen molar-refractivity contribution in [2.75, 3.05) is 7.05 Å². The molecule has 0 radical (unpaired) electrons. The van der Waals surface area contributed by atoms with E-state index in [1.54, 1.807) is 0 Å². The number of aryl methyl sites for hydroxylation is 1. The van der Waals surface area contributed by atoms with Crippen LogP contribution in [0.2, 0.25) is 0 Å². The van der Waals surface area contributed by atoms with Crippen LogP contribution in [0.1, 0.15) is 27.6 Å². The van der Waals surface area contributed by atoms with Gasteiger partial charge >= 0.3 is 0 Å². The third-order valence-electron chi connectivity index (χ3n) is 3.40. The fraction of sp³-hybridized carbons (Fsp3) is 0.333. The molecule has 1 unspecified atom stereocenters. The predicted octanol–water partition coefficient (Wildman–Crippen LogP) is 4.63. The van der Waals surface area contributed by atoms with E-state index in [9.17, 15) is 0 Å². The van der Waals surface area contributed by atoms with Gasteiger partial charge in [0.15, 0.2) is 0 Å². The second-order valence-corrected chi connectivity index (χ2v) is 7.09. The van der Waals surface area contributed by atoms with Crippen molar-refractivity contribution in [3.63, 3.8) is 0 Å². The first kappa shape index (κ1) is 13.8. The lowest BCUT2D eigenvalue weighted by molar-refractivity contribution is 0.593. The molecule has 96 valence electrons. The minimum absolute atomic E-state index is 0.385. The van der Waals surface area contributed by atoms with Crippen molar-refractivity contribution in [2.45, 2.75) is 26.3 Å². The average Bonchev–Trinajstić information content (AvgIpc) is 2.76. The van der Waals surface area contributed by atoms with Crippen LogP contribution in [0.4, 0.5) is 0 Å². The lowest BCUT2D eigenvalue weighted by Gasteiger charge is -2.19. The molecule has 0 saturated carbocycles. The molecule has 2 rings (SSSR count). The van der Waals surface area contributed by atoms with E-state index in [4.69, 9.17) is 0 Å². The van der Waals surface area contributed by atoms with E-state index in [1.807, 2.05) is 18.4 Å². The Bertz CT molecular complexity index is 533. The fourth-order valence-electron chi connectivity index (χ4n) is 2.18. The van der Waals surface area contributed by atoms with Crippen LogP contribution < -0.4 is 5.32 Å². The highest BCUT2D eigenvalue weighted by Gasteiger charge is 2.14. The summed E-state index contributed by atoms with van der Waals surface area (Å²) in [6.45, 7) is 4.38. The summed E-state index contributed by atoms with van der Waals surface area (Å²) >= 11 is 5.34. The Morgan fingerprint density at radius 3 is 2.61 bits per heavy atom. The molecule has 0 aliphatic rings. The summed E-state index contributed by atoms with van der Waals surface area (Å²) in [6, 6.07) is 11.3. The van der Waals surface area contributed by atoms with Crippen LogP contribution in [-0.4, -0.2) is 7.05 Å². The molecule has 0 bridgehead atoms. The lowest BCUT2D eigenvalue weighted by atomic mass is 9.95. The molecule has 1 atom stereocenters. The van der Waals surface area contributed by atoms with Crippen LogP contribution in [0.5, 0.6) is 0 Å². The number of thiophene rings is 1. The Hall–Kier alpha value is -0.640. The molecular formula is C15H18BrNS. The molecule has 0 amide bonds. The van der Waals surface area contributed by atoms with Gasteiger partial charge in [-0.2, -0.15) is 0 Å². The third-order valence-corrected chi connectivity index (χ3v) is 5.05. The van der Waals surface area contributed by atoms with E-state index in [0.29, 0.717) is 6.04 Å². The average molecular weight is 324 g/mol. The van der Waals surface area contributed by atoms with E-state index < -0.39 is 0 Å². The predicted molar refractivity (Wildman–Crippen MR) is 83.4 cm³/mol. The number of hydrogen-bond acceptors (Lipinski definition) is 2. The molecule has 1 N–H and O–H groups in total. The first-order chi connectivity index (χ1) is 8.61. The Kier molecular flexibility index (Phi) is 4.60. The maximum atomic E-state index is 3.52. The fourth-order valence-corrected chi connectivity index (χ4v) is 3.71. The van der Waals surface area contributed by atoms with Crippen molar-refractivity contribution in [2.24, 2.45) is 0 Å². The molecule has 0 aliphatic carbocycles. The van der Waals surface area contributed by atoms with Crippen molar-refractivity contribution in [1.29, 1.82) is 0 Å². The Morgan fingerprint density at radius 1 is 1.22 bits per heavy atom. The normalized spacial score (nSPS) is 12.7. The standard InChI is InChI=1S/C15H18BrNS/c1-10-5-4-6-13(11(10)2)14(17-3)9-12-7-8-15(16)18-12/h4-8,14,17H,9H2,1-3H3. The summed E-state index contributed by atoms with van der Waals surface area (Å²) in [7, 11) is 2.04. The van der Waals surface area contributed by atoms with Gasteiger partial charge in [-0.1, -0.05) is 18.2 Å². The van der Waals surface area contributed by atoms with Crippen molar-refractivity contribution in [3.8, 4) is 0 Å². The molecule has 0 fully saturated rings. The zero-order valence-corrected chi connectivity index (χ0v) is 13.4. The van der Waals surface area contributed by atoms with Crippen LogP contribution in [0.15, 0.2) is 34.1 Å². The van der Waals surface area contributed by atoms with Gasteiger partial charge < -0.3 is 5.32 Å². The Balaban J connectivity index is 2.25.